The summed E-state index contributed by atoms with van der Waals surface area (Å²) < 4.78 is 0. The largest absolute Gasteiger partial charge is 0.405 e. The zero-order chi connectivity index (χ0) is 9.52. The fraction of sp³-hybridized carbons (Fsp3) is 0. The predicted octanol–water partition coefficient (Wildman–Crippen LogP) is 2.82. The smallest absolute Gasteiger partial charge is 0.00561 e. The summed E-state index contributed by atoms with van der Waals surface area (Å²) in [5.41, 5.74) is 7.59. The van der Waals surface area contributed by atoms with Gasteiger partial charge in [0.2, 0.25) is 0 Å². The van der Waals surface area contributed by atoms with Crippen LogP contribution in [0.4, 0.5) is 0 Å². The fourth-order valence-electron chi connectivity index (χ4n) is 1.09. The SMILES string of the molecule is C=CC=Cc1ccccc1/C=C/N. The highest BCUT2D eigenvalue weighted by molar-refractivity contribution is 5.65. The van der Waals surface area contributed by atoms with Gasteiger partial charge in [0.25, 0.3) is 0 Å². The number of hydrogen-bond donors (Lipinski definition) is 1. The third kappa shape index (κ3) is 2.64. The van der Waals surface area contributed by atoms with Crippen LogP contribution in [0.25, 0.3) is 12.2 Å². The van der Waals surface area contributed by atoms with E-state index in [9.17, 15) is 0 Å². The first-order valence-electron chi connectivity index (χ1n) is 4.15. The lowest BCUT2D eigenvalue weighted by Crippen LogP contribution is -1.81. The van der Waals surface area contributed by atoms with Crippen molar-refractivity contribution in [2.24, 2.45) is 5.73 Å². The highest BCUT2D eigenvalue weighted by Crippen LogP contribution is 2.11. The molecule has 0 saturated heterocycles. The van der Waals surface area contributed by atoms with E-state index in [0.717, 1.165) is 11.1 Å². The second-order valence-electron chi connectivity index (χ2n) is 2.58. The van der Waals surface area contributed by atoms with E-state index in [0.29, 0.717) is 0 Å². The van der Waals surface area contributed by atoms with Crippen LogP contribution in [0.2, 0.25) is 0 Å². The zero-order valence-corrected chi connectivity index (χ0v) is 7.48. The molecule has 1 aromatic rings. The molecule has 0 aliphatic carbocycles. The molecule has 0 aliphatic rings. The molecule has 0 unspecified atom stereocenters. The van der Waals surface area contributed by atoms with Crippen molar-refractivity contribution in [3.8, 4) is 0 Å². The molecule has 0 atom stereocenters. The lowest BCUT2D eigenvalue weighted by Gasteiger charge is -1.98. The van der Waals surface area contributed by atoms with Crippen molar-refractivity contribution < 1.29 is 0 Å². The first-order chi connectivity index (χ1) is 6.38. The van der Waals surface area contributed by atoms with Gasteiger partial charge in [-0.25, -0.2) is 0 Å². The van der Waals surface area contributed by atoms with Crippen LogP contribution in [-0.4, -0.2) is 0 Å². The van der Waals surface area contributed by atoms with E-state index in [1.165, 1.54) is 0 Å². The summed E-state index contributed by atoms with van der Waals surface area (Å²) in [6, 6.07) is 8.04. The third-order valence-electron chi connectivity index (χ3n) is 1.68. The van der Waals surface area contributed by atoms with Gasteiger partial charge in [-0.1, -0.05) is 49.1 Å². The Morgan fingerprint density at radius 3 is 2.23 bits per heavy atom. The summed E-state index contributed by atoms with van der Waals surface area (Å²) in [4.78, 5) is 0. The Balaban J connectivity index is 3.03. The van der Waals surface area contributed by atoms with Gasteiger partial charge in [0.1, 0.15) is 0 Å². The van der Waals surface area contributed by atoms with Crippen LogP contribution < -0.4 is 5.73 Å². The molecule has 0 radical (unpaired) electrons. The van der Waals surface area contributed by atoms with E-state index < -0.39 is 0 Å². The van der Waals surface area contributed by atoms with E-state index in [2.05, 4.69) is 6.58 Å². The van der Waals surface area contributed by atoms with E-state index in [1.54, 1.807) is 12.3 Å². The Morgan fingerprint density at radius 2 is 1.69 bits per heavy atom. The topological polar surface area (TPSA) is 26.0 Å². The summed E-state index contributed by atoms with van der Waals surface area (Å²) in [5, 5.41) is 0. The van der Waals surface area contributed by atoms with Gasteiger partial charge in [0, 0.05) is 0 Å². The number of hydrogen-bond acceptors (Lipinski definition) is 1. The molecule has 0 fully saturated rings. The average Bonchev–Trinajstić information content (AvgIpc) is 2.17. The summed E-state index contributed by atoms with van der Waals surface area (Å²) in [5.74, 6) is 0. The van der Waals surface area contributed by atoms with Gasteiger partial charge in [0.05, 0.1) is 0 Å². The molecule has 1 nitrogen and oxygen atoms in total. The van der Waals surface area contributed by atoms with Crippen LogP contribution in [-0.2, 0) is 0 Å². The van der Waals surface area contributed by atoms with Gasteiger partial charge >= 0.3 is 0 Å². The predicted molar refractivity (Wildman–Crippen MR) is 58.9 cm³/mol. The van der Waals surface area contributed by atoms with Crippen LogP contribution >= 0.6 is 0 Å². The number of rotatable bonds is 3. The Bertz CT molecular complexity index is 335. The Morgan fingerprint density at radius 1 is 1.08 bits per heavy atom. The maximum atomic E-state index is 5.33. The van der Waals surface area contributed by atoms with Crippen molar-refractivity contribution in [3.05, 3.63) is 60.3 Å². The molecule has 0 saturated carbocycles. The number of nitrogens with two attached hydrogens (primary N) is 1. The van der Waals surface area contributed by atoms with Crippen molar-refractivity contribution in [2.75, 3.05) is 0 Å². The molecule has 66 valence electrons. The van der Waals surface area contributed by atoms with Gasteiger partial charge in [-0.3, -0.25) is 0 Å². The van der Waals surface area contributed by atoms with Crippen LogP contribution in [0.1, 0.15) is 11.1 Å². The second-order valence-corrected chi connectivity index (χ2v) is 2.58. The van der Waals surface area contributed by atoms with E-state index >= 15 is 0 Å². The Kier molecular flexibility index (Phi) is 3.58. The maximum absolute atomic E-state index is 5.33. The van der Waals surface area contributed by atoms with Crippen molar-refractivity contribution in [1.82, 2.24) is 0 Å². The molecule has 0 aliphatic heterocycles. The first-order valence-corrected chi connectivity index (χ1v) is 4.15. The van der Waals surface area contributed by atoms with Gasteiger partial charge in [-0.2, -0.15) is 0 Å². The van der Waals surface area contributed by atoms with Crippen LogP contribution in [0.3, 0.4) is 0 Å². The van der Waals surface area contributed by atoms with Crippen LogP contribution in [0.5, 0.6) is 0 Å². The maximum Gasteiger partial charge on any atom is -0.00561 e. The molecular weight excluding hydrogens is 158 g/mol. The minimum Gasteiger partial charge on any atom is -0.405 e. The molecular formula is C12H13N. The number of benzene rings is 1. The lowest BCUT2D eigenvalue weighted by atomic mass is 10.1. The summed E-state index contributed by atoms with van der Waals surface area (Å²) >= 11 is 0. The lowest BCUT2D eigenvalue weighted by molar-refractivity contribution is 1.57. The molecule has 1 rings (SSSR count). The van der Waals surface area contributed by atoms with Gasteiger partial charge in [0.15, 0.2) is 0 Å². The number of allylic oxidation sites excluding steroid dienone is 2. The summed E-state index contributed by atoms with van der Waals surface area (Å²) in [6.45, 7) is 3.62. The van der Waals surface area contributed by atoms with E-state index in [4.69, 9.17) is 5.73 Å². The zero-order valence-electron chi connectivity index (χ0n) is 7.48. The minimum atomic E-state index is 1.11. The molecule has 0 bridgehead atoms. The molecule has 1 heteroatoms. The van der Waals surface area contributed by atoms with Gasteiger partial charge in [-0.05, 0) is 23.4 Å². The summed E-state index contributed by atoms with van der Waals surface area (Å²) in [6.07, 6.45) is 9.08. The van der Waals surface area contributed by atoms with E-state index in [1.807, 2.05) is 42.5 Å². The Hall–Kier alpha value is -1.76. The molecule has 0 heterocycles. The quantitative estimate of drug-likeness (QED) is 0.695. The average molecular weight is 171 g/mol. The van der Waals surface area contributed by atoms with Crippen LogP contribution in [0.15, 0.2) is 49.2 Å². The van der Waals surface area contributed by atoms with Crippen molar-refractivity contribution in [2.45, 2.75) is 0 Å². The van der Waals surface area contributed by atoms with Crippen molar-refractivity contribution >= 4 is 12.2 Å². The second kappa shape index (κ2) is 4.99. The Labute approximate surface area is 78.9 Å². The van der Waals surface area contributed by atoms with Gasteiger partial charge in [-0.15, -0.1) is 0 Å². The van der Waals surface area contributed by atoms with E-state index in [-0.39, 0.29) is 0 Å². The minimum absolute atomic E-state index is 1.11. The monoisotopic (exact) mass is 171 g/mol. The van der Waals surface area contributed by atoms with Crippen molar-refractivity contribution in [1.29, 1.82) is 0 Å². The molecule has 0 amide bonds. The first kappa shape index (κ1) is 9.33. The molecule has 13 heavy (non-hydrogen) atoms. The molecule has 2 N–H and O–H groups in total. The molecule has 0 aromatic heterocycles. The fourth-order valence-corrected chi connectivity index (χ4v) is 1.09. The highest BCUT2D eigenvalue weighted by atomic mass is 14.5. The van der Waals surface area contributed by atoms with Gasteiger partial charge < -0.3 is 5.73 Å². The molecule has 1 aromatic carbocycles. The normalized spacial score (nSPS) is 11.1. The van der Waals surface area contributed by atoms with Crippen LogP contribution in [0, 0.1) is 0 Å². The standard InChI is InChI=1S/C12H13N/c1-2-3-6-11-7-4-5-8-12(11)9-10-13/h2-10H,1,13H2/b6-3?,10-9+. The third-order valence-corrected chi connectivity index (χ3v) is 1.68. The van der Waals surface area contributed by atoms with Crippen molar-refractivity contribution in [3.63, 3.8) is 0 Å². The molecule has 0 spiro atoms. The highest BCUT2D eigenvalue weighted by Gasteiger charge is 1.91. The summed E-state index contributed by atoms with van der Waals surface area (Å²) in [7, 11) is 0.